The lowest BCUT2D eigenvalue weighted by molar-refractivity contribution is 0.0600. The molecule has 0 unspecified atom stereocenters. The summed E-state index contributed by atoms with van der Waals surface area (Å²) in [6.45, 7) is 1.57. The molecule has 0 aromatic heterocycles. The minimum atomic E-state index is -0.522. The van der Waals surface area contributed by atoms with Crippen LogP contribution < -0.4 is 10.3 Å². The Bertz CT molecular complexity index is 988. The Kier molecular flexibility index (Phi) is 5.79. The number of nitrogens with zero attached hydrogens (tertiary/aromatic N) is 4. The molecule has 0 amide bonds. The number of rotatable bonds is 7. The van der Waals surface area contributed by atoms with Crippen molar-refractivity contribution in [3.63, 3.8) is 0 Å². The minimum Gasteiger partial charge on any atom is -0.497 e. The molecule has 148 valence electrons. The van der Waals surface area contributed by atoms with Crippen molar-refractivity contribution in [1.29, 1.82) is 0 Å². The van der Waals surface area contributed by atoms with Gasteiger partial charge in [-0.15, -0.1) is 0 Å². The average Bonchev–Trinajstić information content (AvgIpc) is 3.03. The second kappa shape index (κ2) is 8.26. The van der Waals surface area contributed by atoms with Crippen LogP contribution in [0.25, 0.3) is 16.9 Å². The second-order valence-corrected chi connectivity index (χ2v) is 6.74. The van der Waals surface area contributed by atoms with Crippen LogP contribution in [0.15, 0.2) is 41.5 Å². The summed E-state index contributed by atoms with van der Waals surface area (Å²) in [6, 6.07) is 7.00. The number of hydrogen-bond donors (Lipinski definition) is 0. The molecule has 0 saturated carbocycles. The van der Waals surface area contributed by atoms with Crippen LogP contribution in [0.2, 0.25) is 0 Å². The number of fused-ring (bicyclic) bond motifs is 1. The number of pyridine rings is 1. The predicted molar refractivity (Wildman–Crippen MR) is 106 cm³/mol. The average molecular weight is 384 g/mol. The van der Waals surface area contributed by atoms with E-state index in [9.17, 15) is 9.59 Å². The monoisotopic (exact) mass is 384 g/mol. The van der Waals surface area contributed by atoms with E-state index in [2.05, 4.69) is 10.00 Å². The van der Waals surface area contributed by atoms with E-state index in [1.165, 1.54) is 11.8 Å². The molecule has 28 heavy (non-hydrogen) atoms. The van der Waals surface area contributed by atoms with E-state index >= 15 is 0 Å². The summed E-state index contributed by atoms with van der Waals surface area (Å²) in [6.07, 6.45) is 4.31. The molecule has 8 nitrogen and oxygen atoms in total. The van der Waals surface area contributed by atoms with Gasteiger partial charge in [0.05, 0.1) is 25.5 Å². The van der Waals surface area contributed by atoms with Gasteiger partial charge in [-0.05, 0) is 51.3 Å². The van der Waals surface area contributed by atoms with Gasteiger partial charge in [-0.3, -0.25) is 4.79 Å². The van der Waals surface area contributed by atoms with Crippen LogP contribution in [-0.2, 0) is 11.3 Å². The predicted octanol–water partition coefficient (Wildman–Crippen LogP) is 1.89. The molecule has 0 spiro atoms. The van der Waals surface area contributed by atoms with Crippen molar-refractivity contribution in [3.8, 4) is 22.7 Å². The number of carbonyl (C=O) groups is 1. The highest BCUT2D eigenvalue weighted by atomic mass is 16.5. The Hall–Kier alpha value is -3.13. The van der Waals surface area contributed by atoms with Crippen molar-refractivity contribution < 1.29 is 14.3 Å². The molecule has 3 rings (SSSR count). The molecule has 0 bridgehead atoms. The van der Waals surface area contributed by atoms with Crippen molar-refractivity contribution in [2.24, 2.45) is 0 Å². The van der Waals surface area contributed by atoms with E-state index in [-0.39, 0.29) is 11.1 Å². The minimum absolute atomic E-state index is 0.272. The van der Waals surface area contributed by atoms with Crippen molar-refractivity contribution in [3.05, 3.63) is 52.6 Å². The summed E-state index contributed by atoms with van der Waals surface area (Å²) in [5.41, 5.74) is 1.29. The van der Waals surface area contributed by atoms with E-state index in [1.54, 1.807) is 43.8 Å². The summed E-state index contributed by atoms with van der Waals surface area (Å²) in [5.74, 6) is 0.160. The van der Waals surface area contributed by atoms with Gasteiger partial charge in [0.25, 0.3) is 5.56 Å². The van der Waals surface area contributed by atoms with Gasteiger partial charge in [0, 0.05) is 18.9 Å². The molecule has 0 N–H and O–H groups in total. The Balaban J connectivity index is 2.08. The van der Waals surface area contributed by atoms with E-state index in [0.29, 0.717) is 29.2 Å². The second-order valence-electron chi connectivity index (χ2n) is 6.74. The van der Waals surface area contributed by atoms with Gasteiger partial charge in [-0.2, -0.15) is 9.78 Å². The van der Waals surface area contributed by atoms with Crippen LogP contribution in [0.1, 0.15) is 16.8 Å². The molecule has 1 aromatic carbocycles. The molecule has 0 fully saturated rings. The molecular weight excluding hydrogens is 360 g/mol. The number of aryl methyl sites for hydroxylation is 1. The van der Waals surface area contributed by atoms with Crippen LogP contribution in [0.5, 0.6) is 5.75 Å². The van der Waals surface area contributed by atoms with Crippen LogP contribution in [-0.4, -0.2) is 60.1 Å². The summed E-state index contributed by atoms with van der Waals surface area (Å²) in [7, 11) is 6.90. The Morgan fingerprint density at radius 1 is 1.14 bits per heavy atom. The van der Waals surface area contributed by atoms with Gasteiger partial charge in [-0.25, -0.2) is 4.79 Å². The van der Waals surface area contributed by atoms with Crippen LogP contribution >= 0.6 is 0 Å². The molecule has 2 heterocycles. The normalized spacial score (nSPS) is 11.2. The van der Waals surface area contributed by atoms with E-state index in [1.807, 2.05) is 18.7 Å². The van der Waals surface area contributed by atoms with Gasteiger partial charge in [0.2, 0.25) is 0 Å². The van der Waals surface area contributed by atoms with Crippen molar-refractivity contribution >= 4 is 5.97 Å². The molecule has 0 radical (unpaired) electrons. The third-order valence-corrected chi connectivity index (χ3v) is 4.47. The first-order valence-electron chi connectivity index (χ1n) is 8.95. The maximum Gasteiger partial charge on any atom is 0.341 e. The van der Waals surface area contributed by atoms with Crippen LogP contribution in [0.4, 0.5) is 0 Å². The van der Waals surface area contributed by atoms with E-state index in [4.69, 9.17) is 9.47 Å². The SMILES string of the molecule is COC(=O)c1cn(CCCN(C)C)cc2c(=O)n(-c3ccc(OC)cc3)nc1-2. The fourth-order valence-corrected chi connectivity index (χ4v) is 3.02. The number of benzene rings is 1. The summed E-state index contributed by atoms with van der Waals surface area (Å²) >= 11 is 0. The molecular formula is C20H24N4O4. The van der Waals surface area contributed by atoms with Gasteiger partial charge in [0.15, 0.2) is 0 Å². The Labute approximate surface area is 163 Å². The standard InChI is InChI=1S/C20H24N4O4/c1-22(2)10-5-11-23-12-16-18(17(13-23)20(26)28-4)21-24(19(16)25)14-6-8-15(27-3)9-7-14/h6-9,12-13H,5,10-11H2,1-4H3. The summed E-state index contributed by atoms with van der Waals surface area (Å²) in [5, 5.41) is 4.40. The summed E-state index contributed by atoms with van der Waals surface area (Å²) < 4.78 is 13.2. The van der Waals surface area contributed by atoms with Crippen molar-refractivity contribution in [2.75, 3.05) is 34.9 Å². The molecule has 1 aromatic rings. The smallest absolute Gasteiger partial charge is 0.341 e. The highest BCUT2D eigenvalue weighted by Gasteiger charge is 2.24. The zero-order valence-corrected chi connectivity index (χ0v) is 16.5. The number of ether oxygens (including phenoxy) is 2. The number of methoxy groups -OCH3 is 2. The van der Waals surface area contributed by atoms with Crippen LogP contribution in [0, 0.1) is 0 Å². The number of esters is 1. The fourth-order valence-electron chi connectivity index (χ4n) is 3.02. The lowest BCUT2D eigenvalue weighted by Gasteiger charge is -2.13. The Morgan fingerprint density at radius 2 is 1.86 bits per heavy atom. The number of carbonyl (C=O) groups excluding carboxylic acids is 1. The summed E-state index contributed by atoms with van der Waals surface area (Å²) in [4.78, 5) is 27.4. The largest absolute Gasteiger partial charge is 0.497 e. The molecule has 0 saturated heterocycles. The zero-order chi connectivity index (χ0) is 20.3. The zero-order valence-electron chi connectivity index (χ0n) is 16.5. The Morgan fingerprint density at radius 3 is 2.46 bits per heavy atom. The van der Waals surface area contributed by atoms with Crippen LogP contribution in [0.3, 0.4) is 0 Å². The van der Waals surface area contributed by atoms with Gasteiger partial charge < -0.3 is 18.9 Å². The third kappa shape index (κ3) is 3.91. The highest BCUT2D eigenvalue weighted by molar-refractivity contribution is 5.96. The quantitative estimate of drug-likeness (QED) is 0.579. The lowest BCUT2D eigenvalue weighted by atomic mass is 10.1. The fraction of sp³-hybridized carbons (Fsp3) is 0.350. The van der Waals surface area contributed by atoms with Gasteiger partial charge in [-0.1, -0.05) is 0 Å². The van der Waals surface area contributed by atoms with Gasteiger partial charge >= 0.3 is 5.97 Å². The first-order valence-corrected chi connectivity index (χ1v) is 8.95. The number of aromatic nitrogens is 3. The molecule has 2 aliphatic rings. The first-order chi connectivity index (χ1) is 13.4. The molecule has 0 atom stereocenters. The first kappa shape index (κ1) is 19.6. The number of hydrogen-bond acceptors (Lipinski definition) is 6. The van der Waals surface area contributed by atoms with E-state index < -0.39 is 5.97 Å². The molecule has 0 aliphatic carbocycles. The van der Waals surface area contributed by atoms with Crippen molar-refractivity contribution in [1.82, 2.24) is 19.2 Å². The van der Waals surface area contributed by atoms with Crippen molar-refractivity contribution in [2.45, 2.75) is 13.0 Å². The molecule has 8 heteroatoms. The van der Waals surface area contributed by atoms with E-state index in [0.717, 1.165) is 13.0 Å². The maximum atomic E-state index is 13.0. The highest BCUT2D eigenvalue weighted by Crippen LogP contribution is 2.23. The topological polar surface area (TPSA) is 78.6 Å². The maximum absolute atomic E-state index is 13.0. The van der Waals surface area contributed by atoms with Gasteiger partial charge in [0.1, 0.15) is 17.0 Å². The third-order valence-electron chi connectivity index (χ3n) is 4.47. The molecule has 2 aliphatic heterocycles. The lowest BCUT2D eigenvalue weighted by Crippen LogP contribution is -2.17.